The van der Waals surface area contributed by atoms with E-state index < -0.39 is 0 Å². The van der Waals surface area contributed by atoms with E-state index in [4.69, 9.17) is 4.74 Å². The molecule has 2 heterocycles. The molecule has 2 aromatic heterocycles. The summed E-state index contributed by atoms with van der Waals surface area (Å²) in [6.07, 6.45) is 0. The monoisotopic (exact) mass is 394 g/mol. The number of hydrogen-bond acceptors (Lipinski definition) is 6. The van der Waals surface area contributed by atoms with Crippen molar-refractivity contribution in [2.45, 2.75) is 26.3 Å². The number of hydrogen-bond donors (Lipinski definition) is 1. The van der Waals surface area contributed by atoms with Gasteiger partial charge in [0.15, 0.2) is 11.5 Å². The van der Waals surface area contributed by atoms with Gasteiger partial charge in [0, 0.05) is 37.0 Å². The van der Waals surface area contributed by atoms with E-state index in [1.807, 2.05) is 64.0 Å². The molecule has 8 nitrogen and oxygen atoms in total. The van der Waals surface area contributed by atoms with E-state index in [9.17, 15) is 4.79 Å². The van der Waals surface area contributed by atoms with Gasteiger partial charge in [-0.1, -0.05) is 12.1 Å². The van der Waals surface area contributed by atoms with Crippen LogP contribution >= 0.6 is 0 Å². The van der Waals surface area contributed by atoms with Gasteiger partial charge in [-0.25, -0.2) is 4.68 Å². The molecule has 1 N–H and O–H groups in total. The first-order valence-electron chi connectivity index (χ1n) is 9.26. The number of nitrogens with zero attached hydrogens (tertiary/aromatic N) is 5. The highest BCUT2D eigenvalue weighted by Gasteiger charge is 2.21. The largest absolute Gasteiger partial charge is 0.480 e. The summed E-state index contributed by atoms with van der Waals surface area (Å²) < 4.78 is 6.70. The number of aromatic nitrogens is 4. The molecule has 152 valence electrons. The predicted molar refractivity (Wildman–Crippen MR) is 113 cm³/mol. The van der Waals surface area contributed by atoms with Crippen LogP contribution in [0.3, 0.4) is 0 Å². The van der Waals surface area contributed by atoms with Crippen LogP contribution in [0.2, 0.25) is 0 Å². The number of carbonyl (C=O) groups excluding carboxylic acids is 1. The molecule has 1 amide bonds. The molecule has 0 aliphatic heterocycles. The average molecular weight is 394 g/mol. The van der Waals surface area contributed by atoms with Crippen LogP contribution in [0.25, 0.3) is 17.1 Å². The first-order valence-corrected chi connectivity index (χ1v) is 9.26. The van der Waals surface area contributed by atoms with E-state index in [1.165, 1.54) is 7.11 Å². The fourth-order valence-electron chi connectivity index (χ4n) is 2.74. The Morgan fingerprint density at radius 2 is 1.76 bits per heavy atom. The number of carbonyl (C=O) groups is 1. The minimum Gasteiger partial charge on any atom is -0.480 e. The van der Waals surface area contributed by atoms with Gasteiger partial charge in [-0.3, -0.25) is 4.79 Å². The summed E-state index contributed by atoms with van der Waals surface area (Å²) in [5, 5.41) is 15.7. The van der Waals surface area contributed by atoms with Crippen molar-refractivity contribution in [1.29, 1.82) is 0 Å². The van der Waals surface area contributed by atoms with Crippen molar-refractivity contribution in [3.05, 3.63) is 48.2 Å². The molecule has 0 bridgehead atoms. The summed E-state index contributed by atoms with van der Waals surface area (Å²) in [5.41, 5.74) is 2.68. The molecule has 29 heavy (non-hydrogen) atoms. The third-order valence-electron chi connectivity index (χ3n) is 4.16. The van der Waals surface area contributed by atoms with Gasteiger partial charge in [-0.15, -0.1) is 10.2 Å². The first-order chi connectivity index (χ1) is 13.7. The minimum atomic E-state index is -0.367. The lowest BCUT2D eigenvalue weighted by molar-refractivity contribution is 0.0914. The van der Waals surface area contributed by atoms with Crippen molar-refractivity contribution in [2.75, 3.05) is 26.1 Å². The molecule has 0 saturated heterocycles. The molecule has 0 radical (unpaired) electrons. The Morgan fingerprint density at radius 3 is 2.28 bits per heavy atom. The second kappa shape index (κ2) is 7.90. The molecule has 0 fully saturated rings. The fourth-order valence-corrected chi connectivity index (χ4v) is 2.74. The third kappa shape index (κ3) is 4.71. The van der Waals surface area contributed by atoms with E-state index >= 15 is 0 Å². The van der Waals surface area contributed by atoms with E-state index in [0.717, 1.165) is 16.9 Å². The Bertz CT molecular complexity index is 986. The predicted octanol–water partition coefficient (Wildman–Crippen LogP) is 2.93. The number of ether oxygens (including phenoxy) is 1. The second-order valence-corrected chi connectivity index (χ2v) is 7.91. The van der Waals surface area contributed by atoms with Crippen LogP contribution in [0.5, 0.6) is 5.88 Å². The maximum atomic E-state index is 12.7. The Hall–Kier alpha value is -3.42. The zero-order chi connectivity index (χ0) is 21.2. The number of nitrogens with one attached hydrogen (secondary N) is 1. The Kier molecular flexibility index (Phi) is 5.54. The minimum absolute atomic E-state index is 0.246. The zero-order valence-corrected chi connectivity index (χ0v) is 17.6. The van der Waals surface area contributed by atoms with Gasteiger partial charge in [0.1, 0.15) is 0 Å². The molecule has 0 aliphatic rings. The number of methoxy groups -OCH3 is 1. The van der Waals surface area contributed by atoms with Crippen molar-refractivity contribution < 1.29 is 9.53 Å². The molecule has 0 saturated carbocycles. The molecule has 1 aromatic carbocycles. The molecule has 3 rings (SSSR count). The van der Waals surface area contributed by atoms with Crippen LogP contribution in [0.1, 0.15) is 31.3 Å². The van der Waals surface area contributed by atoms with Crippen molar-refractivity contribution in [3.63, 3.8) is 0 Å². The Balaban J connectivity index is 2.07. The van der Waals surface area contributed by atoms with Crippen LogP contribution in [-0.4, -0.2) is 52.6 Å². The van der Waals surface area contributed by atoms with Crippen LogP contribution in [0.4, 0.5) is 5.69 Å². The van der Waals surface area contributed by atoms with Crippen molar-refractivity contribution in [2.24, 2.45) is 0 Å². The fraction of sp³-hybridized carbons (Fsp3) is 0.333. The normalized spacial score (nSPS) is 11.2. The summed E-state index contributed by atoms with van der Waals surface area (Å²) >= 11 is 0. The Morgan fingerprint density at radius 1 is 1.07 bits per heavy atom. The molecular formula is C21H26N6O2. The van der Waals surface area contributed by atoms with Crippen LogP contribution in [-0.2, 0) is 0 Å². The topological polar surface area (TPSA) is 85.2 Å². The maximum absolute atomic E-state index is 12.7. The van der Waals surface area contributed by atoms with Gasteiger partial charge in [-0.05, 0) is 45.0 Å². The second-order valence-electron chi connectivity index (χ2n) is 7.91. The smallest absolute Gasteiger partial charge is 0.272 e. The SMILES string of the molecule is COc1ccc(-n2nc(C(=O)NC(C)(C)C)cc2-c2ccc(N(C)C)cc2)nn1. The zero-order valence-electron chi connectivity index (χ0n) is 17.6. The van der Waals surface area contributed by atoms with Gasteiger partial charge in [0.2, 0.25) is 5.88 Å². The van der Waals surface area contributed by atoms with Gasteiger partial charge in [-0.2, -0.15) is 5.10 Å². The van der Waals surface area contributed by atoms with Crippen LogP contribution in [0, 0.1) is 0 Å². The highest BCUT2D eigenvalue weighted by Crippen LogP contribution is 2.26. The highest BCUT2D eigenvalue weighted by molar-refractivity contribution is 5.94. The Labute approximate surface area is 170 Å². The summed E-state index contributed by atoms with van der Waals surface area (Å²) in [4.78, 5) is 14.7. The molecule has 8 heteroatoms. The van der Waals surface area contributed by atoms with Crippen molar-refractivity contribution >= 4 is 11.6 Å². The lowest BCUT2D eigenvalue weighted by Gasteiger charge is -2.19. The summed E-state index contributed by atoms with van der Waals surface area (Å²) in [7, 11) is 5.51. The van der Waals surface area contributed by atoms with E-state index in [-0.39, 0.29) is 11.4 Å². The maximum Gasteiger partial charge on any atom is 0.272 e. The summed E-state index contributed by atoms with van der Waals surface area (Å²) in [6.45, 7) is 5.78. The first kappa shape index (κ1) is 20.3. The van der Waals surface area contributed by atoms with Gasteiger partial charge < -0.3 is 15.0 Å². The van der Waals surface area contributed by atoms with Crippen molar-refractivity contribution in [3.8, 4) is 23.0 Å². The quantitative estimate of drug-likeness (QED) is 0.716. The standard InChI is InChI=1S/C21H26N6O2/c1-21(2,3)22-20(28)16-13-17(14-7-9-15(10-8-14)26(4)5)27(25-16)18-11-12-19(29-6)24-23-18/h7-13H,1-6H3,(H,22,28). The van der Waals surface area contributed by atoms with Gasteiger partial charge in [0.05, 0.1) is 12.8 Å². The number of amides is 1. The third-order valence-corrected chi connectivity index (χ3v) is 4.16. The van der Waals surface area contributed by atoms with Gasteiger partial charge in [0.25, 0.3) is 5.91 Å². The summed E-state index contributed by atoms with van der Waals surface area (Å²) in [5.74, 6) is 0.652. The molecule has 0 unspecified atom stereocenters. The summed E-state index contributed by atoms with van der Waals surface area (Å²) in [6, 6.07) is 13.2. The number of anilines is 1. The van der Waals surface area contributed by atoms with E-state index in [0.29, 0.717) is 17.4 Å². The van der Waals surface area contributed by atoms with Gasteiger partial charge >= 0.3 is 0 Å². The molecule has 0 atom stereocenters. The molecule has 3 aromatic rings. The highest BCUT2D eigenvalue weighted by atomic mass is 16.5. The molecule has 0 spiro atoms. The number of benzene rings is 1. The lowest BCUT2D eigenvalue weighted by atomic mass is 10.1. The van der Waals surface area contributed by atoms with Crippen LogP contribution in [0.15, 0.2) is 42.5 Å². The molecule has 0 aliphatic carbocycles. The average Bonchev–Trinajstić information content (AvgIpc) is 3.12. The van der Waals surface area contributed by atoms with E-state index in [1.54, 1.807) is 22.9 Å². The van der Waals surface area contributed by atoms with Crippen LogP contribution < -0.4 is 15.0 Å². The lowest BCUT2D eigenvalue weighted by Crippen LogP contribution is -2.40. The van der Waals surface area contributed by atoms with E-state index in [2.05, 4.69) is 20.6 Å². The molecular weight excluding hydrogens is 368 g/mol. The number of rotatable bonds is 5. The van der Waals surface area contributed by atoms with Crippen molar-refractivity contribution in [1.82, 2.24) is 25.3 Å².